The molecule has 3 nitrogen and oxygen atoms in total. The van der Waals surface area contributed by atoms with Gasteiger partial charge in [-0.05, 0) is 24.1 Å². The lowest BCUT2D eigenvalue weighted by Crippen LogP contribution is -1.98. The average Bonchev–Trinajstić information content (AvgIpc) is 2.32. The van der Waals surface area contributed by atoms with Gasteiger partial charge in [-0.2, -0.15) is 0 Å². The van der Waals surface area contributed by atoms with Crippen molar-refractivity contribution in [1.82, 2.24) is 4.98 Å². The van der Waals surface area contributed by atoms with Gasteiger partial charge in [-0.25, -0.2) is 4.98 Å². The van der Waals surface area contributed by atoms with Gasteiger partial charge in [0.2, 0.25) is 0 Å². The van der Waals surface area contributed by atoms with Crippen molar-refractivity contribution in [3.8, 4) is 5.75 Å². The number of aryl methyl sites for hydroxylation is 1. The van der Waals surface area contributed by atoms with Crippen molar-refractivity contribution in [2.45, 2.75) is 13.5 Å². The van der Waals surface area contributed by atoms with Gasteiger partial charge < -0.3 is 10.5 Å². The quantitative estimate of drug-likeness (QED) is 0.854. The summed E-state index contributed by atoms with van der Waals surface area (Å²) >= 11 is 0. The largest absolute Gasteiger partial charge is 0.487 e. The van der Waals surface area contributed by atoms with Crippen LogP contribution in [0.5, 0.6) is 5.75 Å². The second-order valence-corrected chi connectivity index (χ2v) is 3.65. The normalized spacial score (nSPS) is 10.1. The van der Waals surface area contributed by atoms with Crippen molar-refractivity contribution in [1.29, 1.82) is 0 Å². The van der Waals surface area contributed by atoms with E-state index in [1.165, 1.54) is 0 Å². The van der Waals surface area contributed by atoms with Gasteiger partial charge in [0.1, 0.15) is 18.2 Å². The predicted molar refractivity (Wildman–Crippen MR) is 64.2 cm³/mol. The van der Waals surface area contributed by atoms with Crippen LogP contribution >= 0.6 is 0 Å². The Labute approximate surface area is 94.9 Å². The Bertz CT molecular complexity index is 469. The summed E-state index contributed by atoms with van der Waals surface area (Å²) in [5.41, 5.74) is 7.70. The summed E-state index contributed by atoms with van der Waals surface area (Å²) in [7, 11) is 0. The van der Waals surface area contributed by atoms with Gasteiger partial charge in [-0.15, -0.1) is 0 Å². The Morgan fingerprint density at radius 3 is 2.69 bits per heavy atom. The van der Waals surface area contributed by atoms with E-state index in [0.29, 0.717) is 12.4 Å². The molecule has 2 aromatic rings. The summed E-state index contributed by atoms with van der Waals surface area (Å²) in [5.74, 6) is 1.29. The molecule has 0 fully saturated rings. The Kier molecular flexibility index (Phi) is 3.05. The number of anilines is 1. The van der Waals surface area contributed by atoms with Crippen molar-refractivity contribution in [3.63, 3.8) is 0 Å². The van der Waals surface area contributed by atoms with Gasteiger partial charge in [0.15, 0.2) is 0 Å². The fraction of sp³-hybridized carbons (Fsp3) is 0.154. The van der Waals surface area contributed by atoms with Gasteiger partial charge in [-0.3, -0.25) is 0 Å². The van der Waals surface area contributed by atoms with Crippen molar-refractivity contribution >= 4 is 5.82 Å². The zero-order chi connectivity index (χ0) is 11.4. The Hall–Kier alpha value is -2.03. The van der Waals surface area contributed by atoms with Gasteiger partial charge in [0, 0.05) is 0 Å². The average molecular weight is 214 g/mol. The van der Waals surface area contributed by atoms with Crippen molar-refractivity contribution in [2.24, 2.45) is 0 Å². The maximum Gasteiger partial charge on any atom is 0.138 e. The number of hydrogen-bond acceptors (Lipinski definition) is 3. The number of benzene rings is 1. The number of ether oxygens (including phenoxy) is 1. The predicted octanol–water partition coefficient (Wildman–Crippen LogP) is 2.55. The van der Waals surface area contributed by atoms with Crippen LogP contribution in [0.25, 0.3) is 0 Å². The number of pyridine rings is 1. The van der Waals surface area contributed by atoms with E-state index in [9.17, 15) is 0 Å². The number of nitrogen functional groups attached to an aromatic ring is 1. The fourth-order valence-electron chi connectivity index (χ4n) is 1.38. The summed E-state index contributed by atoms with van der Waals surface area (Å²) in [5, 5.41) is 0. The lowest BCUT2D eigenvalue weighted by Gasteiger charge is -2.07. The first-order valence-electron chi connectivity index (χ1n) is 5.14. The molecule has 0 bridgehead atoms. The van der Waals surface area contributed by atoms with Crippen LogP contribution in [0.3, 0.4) is 0 Å². The fourth-order valence-corrected chi connectivity index (χ4v) is 1.38. The summed E-state index contributed by atoms with van der Waals surface area (Å²) in [6, 6.07) is 11.9. The van der Waals surface area contributed by atoms with Crippen LogP contribution in [0.15, 0.2) is 42.6 Å². The number of rotatable bonds is 3. The zero-order valence-electron chi connectivity index (χ0n) is 9.18. The minimum absolute atomic E-state index is 0.547. The molecule has 1 heterocycles. The van der Waals surface area contributed by atoms with Crippen LogP contribution in [-0.4, -0.2) is 4.98 Å². The molecular weight excluding hydrogens is 200 g/mol. The molecule has 0 spiro atoms. The zero-order valence-corrected chi connectivity index (χ0v) is 9.18. The number of nitrogens with zero attached hydrogens (tertiary/aromatic N) is 1. The highest BCUT2D eigenvalue weighted by atomic mass is 16.5. The van der Waals surface area contributed by atoms with E-state index in [-0.39, 0.29) is 0 Å². The lowest BCUT2D eigenvalue weighted by atomic mass is 10.2. The highest BCUT2D eigenvalue weighted by molar-refractivity contribution is 5.41. The van der Waals surface area contributed by atoms with Gasteiger partial charge >= 0.3 is 0 Å². The molecule has 16 heavy (non-hydrogen) atoms. The van der Waals surface area contributed by atoms with Gasteiger partial charge in [0.25, 0.3) is 0 Å². The smallest absolute Gasteiger partial charge is 0.138 e. The molecule has 1 aromatic carbocycles. The molecule has 2 rings (SSSR count). The van der Waals surface area contributed by atoms with Crippen molar-refractivity contribution in [3.05, 3.63) is 53.7 Å². The second-order valence-electron chi connectivity index (χ2n) is 3.65. The first-order valence-corrected chi connectivity index (χ1v) is 5.14. The van der Waals surface area contributed by atoms with Crippen LogP contribution in [0.4, 0.5) is 5.82 Å². The summed E-state index contributed by atoms with van der Waals surface area (Å²) in [6.07, 6.45) is 1.64. The van der Waals surface area contributed by atoms with Crippen LogP contribution in [0.1, 0.15) is 11.1 Å². The van der Waals surface area contributed by atoms with E-state index in [0.717, 1.165) is 16.9 Å². The molecule has 0 radical (unpaired) electrons. The molecule has 0 amide bonds. The van der Waals surface area contributed by atoms with Crippen LogP contribution in [-0.2, 0) is 6.61 Å². The lowest BCUT2D eigenvalue weighted by molar-refractivity contribution is 0.305. The number of nitrogens with two attached hydrogens (primary N) is 1. The Morgan fingerprint density at radius 2 is 2.00 bits per heavy atom. The molecular formula is C13H14N2O. The minimum atomic E-state index is 0.547. The highest BCUT2D eigenvalue weighted by Gasteiger charge is 1.99. The third-order valence-corrected chi connectivity index (χ3v) is 2.34. The summed E-state index contributed by atoms with van der Waals surface area (Å²) in [4.78, 5) is 4.04. The molecule has 0 unspecified atom stereocenters. The van der Waals surface area contributed by atoms with E-state index in [1.807, 2.05) is 43.3 Å². The van der Waals surface area contributed by atoms with Crippen molar-refractivity contribution < 1.29 is 4.74 Å². The monoisotopic (exact) mass is 214 g/mol. The molecule has 0 saturated heterocycles. The summed E-state index contributed by atoms with van der Waals surface area (Å²) < 4.78 is 5.61. The molecule has 0 aliphatic rings. The molecule has 0 saturated carbocycles. The van der Waals surface area contributed by atoms with Crippen LogP contribution < -0.4 is 10.5 Å². The SMILES string of the molecule is Cc1cc(OCc2ccccc2)cnc1N. The van der Waals surface area contributed by atoms with Crippen molar-refractivity contribution in [2.75, 3.05) is 5.73 Å². The highest BCUT2D eigenvalue weighted by Crippen LogP contribution is 2.16. The summed E-state index contributed by atoms with van der Waals surface area (Å²) in [6.45, 7) is 2.46. The maximum atomic E-state index is 5.63. The minimum Gasteiger partial charge on any atom is -0.487 e. The van der Waals surface area contributed by atoms with E-state index in [1.54, 1.807) is 6.20 Å². The van der Waals surface area contributed by atoms with Crippen LogP contribution in [0.2, 0.25) is 0 Å². The third kappa shape index (κ3) is 2.51. The van der Waals surface area contributed by atoms with Gasteiger partial charge in [0.05, 0.1) is 6.20 Å². The van der Waals surface area contributed by atoms with E-state index >= 15 is 0 Å². The topological polar surface area (TPSA) is 48.1 Å². The number of aromatic nitrogens is 1. The first kappa shape index (κ1) is 10.5. The molecule has 2 N–H and O–H groups in total. The van der Waals surface area contributed by atoms with E-state index in [2.05, 4.69) is 4.98 Å². The standard InChI is InChI=1S/C13H14N2O/c1-10-7-12(8-15-13(10)14)16-9-11-5-3-2-4-6-11/h2-8H,9H2,1H3,(H2,14,15). The molecule has 82 valence electrons. The Morgan fingerprint density at radius 1 is 1.25 bits per heavy atom. The Balaban J connectivity index is 2.03. The molecule has 3 heteroatoms. The maximum absolute atomic E-state index is 5.63. The molecule has 0 aliphatic heterocycles. The second kappa shape index (κ2) is 4.66. The third-order valence-electron chi connectivity index (χ3n) is 2.34. The van der Waals surface area contributed by atoms with Crippen LogP contribution in [0, 0.1) is 6.92 Å². The molecule has 0 aliphatic carbocycles. The first-order chi connectivity index (χ1) is 7.75. The van der Waals surface area contributed by atoms with Gasteiger partial charge in [-0.1, -0.05) is 30.3 Å². The number of hydrogen-bond donors (Lipinski definition) is 1. The van der Waals surface area contributed by atoms with E-state index < -0.39 is 0 Å². The van der Waals surface area contributed by atoms with E-state index in [4.69, 9.17) is 10.5 Å². The molecule has 0 atom stereocenters. The molecule has 1 aromatic heterocycles.